The van der Waals surface area contributed by atoms with E-state index in [1.165, 1.54) is 37.1 Å². The first kappa shape index (κ1) is 7.30. The van der Waals surface area contributed by atoms with Crippen LogP contribution in [0.3, 0.4) is 0 Å². The maximum atomic E-state index is 4.44. The molecule has 0 aromatic carbocycles. The van der Waals surface area contributed by atoms with Gasteiger partial charge in [-0.2, -0.15) is 0 Å². The van der Waals surface area contributed by atoms with Crippen LogP contribution >= 0.6 is 8.51 Å². The first-order valence-electron chi connectivity index (χ1n) is 4.25. The molecule has 1 aliphatic carbocycles. The van der Waals surface area contributed by atoms with Crippen molar-refractivity contribution in [2.75, 3.05) is 0 Å². The Morgan fingerprint density at radius 1 is 1.27 bits per heavy atom. The van der Waals surface area contributed by atoms with Gasteiger partial charge < -0.3 is 0 Å². The van der Waals surface area contributed by atoms with Gasteiger partial charge in [0.2, 0.25) is 0 Å². The molecule has 0 radical (unpaired) electrons. The van der Waals surface area contributed by atoms with E-state index in [4.69, 9.17) is 0 Å². The van der Waals surface area contributed by atoms with E-state index in [9.17, 15) is 0 Å². The summed E-state index contributed by atoms with van der Waals surface area (Å²) in [5.74, 6) is 0.758. The monoisotopic (exact) mass is 168 g/mol. The van der Waals surface area contributed by atoms with E-state index < -0.39 is 0 Å². The average Bonchev–Trinajstić information content (AvgIpc) is 2.55. The lowest BCUT2D eigenvalue weighted by molar-refractivity contribution is 0.699. The van der Waals surface area contributed by atoms with Crippen LogP contribution in [0.25, 0.3) is 0 Å². The van der Waals surface area contributed by atoms with Crippen LogP contribution in [0, 0.1) is 6.92 Å². The Balaban J connectivity index is 2.21. The normalized spacial score (nSPS) is 20.1. The van der Waals surface area contributed by atoms with Gasteiger partial charge in [0.05, 0.1) is 19.9 Å². The van der Waals surface area contributed by atoms with Crippen LogP contribution in [0.1, 0.15) is 43.0 Å². The predicted molar refractivity (Wildman–Crippen MR) is 47.5 cm³/mol. The minimum absolute atomic E-state index is 0.472. The molecule has 1 aromatic rings. The van der Waals surface area contributed by atoms with Crippen LogP contribution in [-0.2, 0) is 0 Å². The zero-order valence-electron chi connectivity index (χ0n) is 6.80. The molecule has 2 rings (SSSR count). The summed E-state index contributed by atoms with van der Waals surface area (Å²) in [5.41, 5.74) is 2.52. The number of nitrogens with zero attached hydrogens (tertiary/aromatic N) is 2. The molecule has 11 heavy (non-hydrogen) atoms. The van der Waals surface area contributed by atoms with Gasteiger partial charge in [-0.25, -0.2) is 9.49 Å². The summed E-state index contributed by atoms with van der Waals surface area (Å²) >= 11 is 0. The van der Waals surface area contributed by atoms with Crippen molar-refractivity contribution in [2.45, 2.75) is 38.5 Å². The summed E-state index contributed by atoms with van der Waals surface area (Å²) in [6, 6.07) is 0. The molecule has 0 amide bonds. The summed E-state index contributed by atoms with van der Waals surface area (Å²) in [5, 5.41) is 0. The van der Waals surface area contributed by atoms with Crippen molar-refractivity contribution in [3.05, 3.63) is 11.4 Å². The van der Waals surface area contributed by atoms with Crippen molar-refractivity contribution in [1.29, 1.82) is 0 Å². The Hall–Kier alpha value is -0.360. The van der Waals surface area contributed by atoms with Gasteiger partial charge in [0.1, 0.15) is 0 Å². The van der Waals surface area contributed by atoms with Crippen molar-refractivity contribution in [1.82, 2.24) is 9.49 Å². The Bertz CT molecular complexity index is 238. The van der Waals surface area contributed by atoms with Gasteiger partial charge >= 0.3 is 0 Å². The van der Waals surface area contributed by atoms with Crippen molar-refractivity contribution in [3.8, 4) is 0 Å². The van der Waals surface area contributed by atoms with E-state index >= 15 is 0 Å². The van der Waals surface area contributed by atoms with E-state index in [1.807, 2.05) is 0 Å². The fourth-order valence-corrected chi connectivity index (χ4v) is 2.64. The molecule has 1 aromatic heterocycles. The minimum Gasteiger partial charge on any atom is -0.225 e. The van der Waals surface area contributed by atoms with Gasteiger partial charge in [-0.3, -0.25) is 0 Å². The van der Waals surface area contributed by atoms with Crippen molar-refractivity contribution < 1.29 is 0 Å². The molecule has 1 saturated carbocycles. The molecule has 1 heterocycles. The van der Waals surface area contributed by atoms with E-state index in [2.05, 4.69) is 16.4 Å². The first-order valence-corrected chi connectivity index (χ1v) is 5.14. The second kappa shape index (κ2) is 2.94. The standard InChI is InChI=1S/C8H13N2P/c1-6-8(10-11-9-6)7-4-2-3-5-7/h7,11H,2-5H2,1H3. The zero-order valence-corrected chi connectivity index (χ0v) is 7.80. The van der Waals surface area contributed by atoms with E-state index in [0.29, 0.717) is 8.51 Å². The highest BCUT2D eigenvalue weighted by Crippen LogP contribution is 2.34. The topological polar surface area (TPSA) is 25.8 Å². The molecule has 1 fully saturated rings. The maximum absolute atomic E-state index is 4.44. The predicted octanol–water partition coefficient (Wildman–Crippen LogP) is 2.47. The fraction of sp³-hybridized carbons (Fsp3) is 0.750. The maximum Gasteiger partial charge on any atom is 0.0706 e. The third-order valence-electron chi connectivity index (χ3n) is 2.50. The molecule has 0 saturated heterocycles. The third kappa shape index (κ3) is 1.32. The molecular weight excluding hydrogens is 155 g/mol. The molecule has 0 N–H and O–H groups in total. The van der Waals surface area contributed by atoms with Gasteiger partial charge in [0.15, 0.2) is 0 Å². The molecule has 0 bridgehead atoms. The smallest absolute Gasteiger partial charge is 0.0706 e. The summed E-state index contributed by atoms with van der Waals surface area (Å²) in [7, 11) is 0.472. The van der Waals surface area contributed by atoms with Gasteiger partial charge in [-0.1, -0.05) is 12.8 Å². The fourth-order valence-electron chi connectivity index (χ4n) is 1.88. The highest BCUT2D eigenvalue weighted by Gasteiger charge is 2.20. The molecule has 2 nitrogen and oxygen atoms in total. The molecule has 0 aliphatic heterocycles. The lowest BCUT2D eigenvalue weighted by Crippen LogP contribution is -1.94. The number of rotatable bonds is 1. The molecule has 1 unspecified atom stereocenters. The summed E-state index contributed by atoms with van der Waals surface area (Å²) in [4.78, 5) is 0. The number of aromatic nitrogens is 2. The van der Waals surface area contributed by atoms with Gasteiger partial charge in [-0.05, 0) is 19.8 Å². The SMILES string of the molecule is Cc1n[pH]nc1C1CCCC1. The largest absolute Gasteiger partial charge is 0.225 e. The van der Waals surface area contributed by atoms with Crippen molar-refractivity contribution >= 4 is 8.51 Å². The van der Waals surface area contributed by atoms with Crippen molar-refractivity contribution in [3.63, 3.8) is 0 Å². The molecular formula is C8H13N2P. The third-order valence-corrected chi connectivity index (χ3v) is 3.28. The van der Waals surface area contributed by atoms with Crippen LogP contribution in [0.4, 0.5) is 0 Å². The number of hydrogen-bond acceptors (Lipinski definition) is 2. The van der Waals surface area contributed by atoms with Crippen LogP contribution in [0.15, 0.2) is 0 Å². The van der Waals surface area contributed by atoms with Crippen LogP contribution in [0.5, 0.6) is 0 Å². The van der Waals surface area contributed by atoms with Crippen LogP contribution < -0.4 is 0 Å². The lowest BCUT2D eigenvalue weighted by Gasteiger charge is -2.04. The number of aryl methyl sites for hydroxylation is 1. The Morgan fingerprint density at radius 2 is 2.00 bits per heavy atom. The van der Waals surface area contributed by atoms with Gasteiger partial charge in [-0.15, -0.1) is 0 Å². The van der Waals surface area contributed by atoms with E-state index in [-0.39, 0.29) is 0 Å². The van der Waals surface area contributed by atoms with Gasteiger partial charge in [0.25, 0.3) is 0 Å². The summed E-state index contributed by atoms with van der Waals surface area (Å²) < 4.78 is 8.74. The molecule has 1 aliphatic rings. The summed E-state index contributed by atoms with van der Waals surface area (Å²) in [6.45, 7) is 2.09. The minimum atomic E-state index is 0.472. The Morgan fingerprint density at radius 3 is 2.55 bits per heavy atom. The van der Waals surface area contributed by atoms with E-state index in [1.54, 1.807) is 0 Å². The molecule has 0 spiro atoms. The Kier molecular flexibility index (Phi) is 1.95. The van der Waals surface area contributed by atoms with Crippen LogP contribution in [0.2, 0.25) is 0 Å². The second-order valence-electron chi connectivity index (χ2n) is 3.28. The molecule has 1 atom stereocenters. The van der Waals surface area contributed by atoms with Crippen molar-refractivity contribution in [2.24, 2.45) is 0 Å². The van der Waals surface area contributed by atoms with Crippen LogP contribution in [-0.4, -0.2) is 9.49 Å². The molecule has 60 valence electrons. The Labute approximate surface area is 68.7 Å². The average molecular weight is 168 g/mol. The summed E-state index contributed by atoms with van der Waals surface area (Å²) in [6.07, 6.45) is 5.46. The molecule has 3 heteroatoms. The van der Waals surface area contributed by atoms with E-state index in [0.717, 1.165) is 5.92 Å². The highest BCUT2D eigenvalue weighted by atomic mass is 31.1. The second-order valence-corrected chi connectivity index (χ2v) is 3.92. The zero-order chi connectivity index (χ0) is 7.68. The van der Waals surface area contributed by atoms with Gasteiger partial charge in [0, 0.05) is 5.92 Å². The lowest BCUT2D eigenvalue weighted by atomic mass is 10.0. The quantitative estimate of drug-likeness (QED) is 0.643. The number of hydrogen-bond donors (Lipinski definition) is 0. The first-order chi connectivity index (χ1) is 5.38. The highest BCUT2D eigenvalue weighted by molar-refractivity contribution is 7.20.